The number of halogens is 2. The van der Waals surface area contributed by atoms with Gasteiger partial charge in [-0.1, -0.05) is 15.9 Å². The highest BCUT2D eigenvalue weighted by molar-refractivity contribution is 9.10. The van der Waals surface area contributed by atoms with Crippen LogP contribution >= 0.6 is 28.3 Å². The fraction of sp³-hybridized carbons (Fsp3) is 0.500. The summed E-state index contributed by atoms with van der Waals surface area (Å²) >= 11 is 3.38. The van der Waals surface area contributed by atoms with E-state index in [2.05, 4.69) is 31.9 Å². The van der Waals surface area contributed by atoms with Crippen LogP contribution in [0, 0.1) is 6.92 Å². The molecule has 0 atom stereocenters. The van der Waals surface area contributed by atoms with Crippen LogP contribution in [0.5, 0.6) is 0 Å². The molecule has 1 aliphatic heterocycles. The summed E-state index contributed by atoms with van der Waals surface area (Å²) in [5, 5.41) is 8.67. The molecule has 3 N–H and O–H groups in total. The summed E-state index contributed by atoms with van der Waals surface area (Å²) in [6.45, 7) is 3.29. The maximum absolute atomic E-state index is 12.4. The van der Waals surface area contributed by atoms with Crippen LogP contribution in [0.3, 0.4) is 0 Å². The van der Waals surface area contributed by atoms with E-state index in [1.807, 2.05) is 25.1 Å². The highest BCUT2D eigenvalue weighted by Crippen LogP contribution is 2.22. The number of carbonyl (C=O) groups is 2. The van der Waals surface area contributed by atoms with Crippen molar-refractivity contribution in [3.63, 3.8) is 0 Å². The molecule has 134 valence electrons. The van der Waals surface area contributed by atoms with Crippen LogP contribution in [-0.2, 0) is 14.3 Å². The second-order valence-corrected chi connectivity index (χ2v) is 6.55. The minimum atomic E-state index is -0.834. The van der Waals surface area contributed by atoms with Crippen molar-refractivity contribution in [1.82, 2.24) is 10.6 Å². The zero-order chi connectivity index (χ0) is 16.9. The lowest BCUT2D eigenvalue weighted by atomic mass is 9.91. The highest BCUT2D eigenvalue weighted by atomic mass is 79.9. The number of hydrogen-bond donors (Lipinski definition) is 3. The smallest absolute Gasteiger partial charge is 0.252 e. The van der Waals surface area contributed by atoms with Crippen molar-refractivity contribution < 1.29 is 14.3 Å². The van der Waals surface area contributed by atoms with Gasteiger partial charge >= 0.3 is 0 Å². The maximum atomic E-state index is 12.4. The molecular weight excluding hydrogens is 398 g/mol. The lowest BCUT2D eigenvalue weighted by molar-refractivity contribution is -0.147. The number of nitrogens with one attached hydrogen (secondary N) is 3. The van der Waals surface area contributed by atoms with Gasteiger partial charge in [0.1, 0.15) is 5.60 Å². The number of carbonyl (C=O) groups excluding carboxylic acids is 2. The Labute approximate surface area is 156 Å². The number of benzene rings is 1. The largest absolute Gasteiger partial charge is 0.368 e. The summed E-state index contributed by atoms with van der Waals surface area (Å²) in [5.41, 5.74) is 0.848. The quantitative estimate of drug-likeness (QED) is 0.681. The summed E-state index contributed by atoms with van der Waals surface area (Å²) in [6.07, 6.45) is 1.20. The molecule has 0 aliphatic carbocycles. The number of hydrogen-bond acceptors (Lipinski definition) is 4. The van der Waals surface area contributed by atoms with E-state index < -0.39 is 5.60 Å². The molecule has 1 aliphatic rings. The molecule has 8 heteroatoms. The number of piperidine rings is 1. The van der Waals surface area contributed by atoms with Crippen LogP contribution < -0.4 is 16.0 Å². The van der Waals surface area contributed by atoms with Gasteiger partial charge in [-0.15, -0.1) is 12.4 Å². The third-order valence-corrected chi connectivity index (χ3v) is 4.58. The molecule has 0 spiro atoms. The van der Waals surface area contributed by atoms with Crippen molar-refractivity contribution in [2.45, 2.75) is 25.4 Å². The number of ether oxygens (including phenoxy) is 1. The van der Waals surface area contributed by atoms with Gasteiger partial charge in [0.05, 0.1) is 6.54 Å². The van der Waals surface area contributed by atoms with Crippen molar-refractivity contribution in [2.75, 3.05) is 32.1 Å². The molecule has 1 saturated heterocycles. The van der Waals surface area contributed by atoms with Gasteiger partial charge in [-0.2, -0.15) is 0 Å². The highest BCUT2D eigenvalue weighted by Gasteiger charge is 2.39. The molecule has 1 fully saturated rings. The van der Waals surface area contributed by atoms with Gasteiger partial charge in [-0.25, -0.2) is 0 Å². The Morgan fingerprint density at radius 3 is 2.58 bits per heavy atom. The number of amides is 2. The second-order valence-electron chi connectivity index (χ2n) is 5.64. The van der Waals surface area contributed by atoms with Crippen molar-refractivity contribution in [3.8, 4) is 0 Å². The minimum absolute atomic E-state index is 0. The van der Waals surface area contributed by atoms with Crippen molar-refractivity contribution >= 4 is 45.8 Å². The van der Waals surface area contributed by atoms with Gasteiger partial charge < -0.3 is 20.7 Å². The van der Waals surface area contributed by atoms with E-state index in [-0.39, 0.29) is 30.8 Å². The number of anilines is 1. The Balaban J connectivity index is 0.00000288. The van der Waals surface area contributed by atoms with E-state index in [9.17, 15) is 9.59 Å². The molecule has 0 saturated carbocycles. The number of rotatable bonds is 5. The number of methoxy groups -OCH3 is 1. The lowest BCUT2D eigenvalue weighted by Gasteiger charge is -2.34. The topological polar surface area (TPSA) is 79.5 Å². The molecule has 1 aromatic carbocycles. The number of aryl methyl sites for hydroxylation is 1. The molecule has 1 heterocycles. The van der Waals surface area contributed by atoms with Gasteiger partial charge in [-0.05, 0) is 56.6 Å². The van der Waals surface area contributed by atoms with Crippen LogP contribution in [0.25, 0.3) is 0 Å². The average Bonchev–Trinajstić information content (AvgIpc) is 2.55. The Hall–Kier alpha value is -1.15. The molecule has 24 heavy (non-hydrogen) atoms. The molecule has 2 rings (SSSR count). The molecule has 0 unspecified atom stereocenters. The first-order chi connectivity index (χ1) is 11.0. The van der Waals surface area contributed by atoms with Crippen LogP contribution in [0.15, 0.2) is 22.7 Å². The molecular formula is C16H23BrClN3O3. The normalized spacial score (nSPS) is 16.0. The van der Waals surface area contributed by atoms with Crippen molar-refractivity contribution in [3.05, 3.63) is 28.2 Å². The first kappa shape index (κ1) is 20.9. The van der Waals surface area contributed by atoms with Crippen molar-refractivity contribution in [1.29, 1.82) is 0 Å². The minimum Gasteiger partial charge on any atom is -0.368 e. The molecule has 0 aromatic heterocycles. The lowest BCUT2D eigenvalue weighted by Crippen LogP contribution is -2.55. The molecule has 1 aromatic rings. The average molecular weight is 421 g/mol. The van der Waals surface area contributed by atoms with Crippen LogP contribution in [0.2, 0.25) is 0 Å². The van der Waals surface area contributed by atoms with E-state index in [0.29, 0.717) is 12.8 Å². The summed E-state index contributed by atoms with van der Waals surface area (Å²) < 4.78 is 6.39. The zero-order valence-corrected chi connectivity index (χ0v) is 16.2. The first-order valence-electron chi connectivity index (χ1n) is 7.57. The summed E-state index contributed by atoms with van der Waals surface area (Å²) in [7, 11) is 1.54. The Bertz CT molecular complexity index is 592. The monoisotopic (exact) mass is 419 g/mol. The molecule has 6 nitrogen and oxygen atoms in total. The maximum Gasteiger partial charge on any atom is 0.252 e. The third kappa shape index (κ3) is 5.17. The Morgan fingerprint density at radius 2 is 2.00 bits per heavy atom. The van der Waals surface area contributed by atoms with E-state index in [1.54, 1.807) is 0 Å². The fourth-order valence-corrected chi connectivity index (χ4v) is 3.11. The predicted molar refractivity (Wildman–Crippen MR) is 99.6 cm³/mol. The van der Waals surface area contributed by atoms with Gasteiger partial charge in [0.2, 0.25) is 5.91 Å². The Morgan fingerprint density at radius 1 is 1.33 bits per heavy atom. The Kier molecular flexibility index (Phi) is 8.15. The van der Waals surface area contributed by atoms with E-state index in [1.165, 1.54) is 7.11 Å². The molecule has 0 radical (unpaired) electrons. The third-order valence-electron chi connectivity index (χ3n) is 4.09. The fourth-order valence-electron chi connectivity index (χ4n) is 2.64. The second kappa shape index (κ2) is 9.36. The van der Waals surface area contributed by atoms with E-state index in [0.717, 1.165) is 28.8 Å². The van der Waals surface area contributed by atoms with Gasteiger partial charge in [-0.3, -0.25) is 9.59 Å². The summed E-state index contributed by atoms with van der Waals surface area (Å²) in [4.78, 5) is 24.4. The van der Waals surface area contributed by atoms with E-state index >= 15 is 0 Å². The zero-order valence-electron chi connectivity index (χ0n) is 13.8. The standard InChI is InChI=1S/C16H22BrN3O3.ClH/c1-11-9-12(17)3-4-13(11)20-14(21)10-19-15(22)16(23-2)5-7-18-8-6-16;/h3-4,9,18H,5-8,10H2,1-2H3,(H,19,22)(H,20,21);1H. The van der Waals surface area contributed by atoms with Gasteiger partial charge in [0.25, 0.3) is 5.91 Å². The molecule has 2 amide bonds. The van der Waals surface area contributed by atoms with Crippen molar-refractivity contribution in [2.24, 2.45) is 0 Å². The SMILES string of the molecule is COC1(C(=O)NCC(=O)Nc2ccc(Br)cc2C)CCNCC1.Cl. The van der Waals surface area contributed by atoms with Crippen LogP contribution in [-0.4, -0.2) is 44.2 Å². The van der Waals surface area contributed by atoms with E-state index in [4.69, 9.17) is 4.74 Å². The van der Waals surface area contributed by atoms with Crippen LogP contribution in [0.1, 0.15) is 18.4 Å². The van der Waals surface area contributed by atoms with Crippen LogP contribution in [0.4, 0.5) is 5.69 Å². The predicted octanol–water partition coefficient (Wildman–Crippen LogP) is 2.00. The van der Waals surface area contributed by atoms with Gasteiger partial charge in [0, 0.05) is 17.3 Å². The summed E-state index contributed by atoms with van der Waals surface area (Å²) in [6, 6.07) is 5.60. The van der Waals surface area contributed by atoms with Gasteiger partial charge in [0.15, 0.2) is 0 Å². The molecule has 0 bridgehead atoms. The first-order valence-corrected chi connectivity index (χ1v) is 8.36. The summed E-state index contributed by atoms with van der Waals surface area (Å²) in [5.74, 6) is -0.492.